The Bertz CT molecular complexity index is 564. The minimum absolute atomic E-state index is 0.182. The number of halogens is 3. The first-order chi connectivity index (χ1) is 9.10. The molecule has 0 aliphatic rings. The van der Waals surface area contributed by atoms with Gasteiger partial charge in [-0.25, -0.2) is 13.2 Å². The molecule has 0 spiro atoms. The van der Waals surface area contributed by atoms with E-state index in [-0.39, 0.29) is 6.54 Å². The Balaban J connectivity index is 2.10. The summed E-state index contributed by atoms with van der Waals surface area (Å²) in [4.78, 5) is 0. The number of hydrogen-bond donors (Lipinski definition) is 1. The molecule has 0 aliphatic heterocycles. The van der Waals surface area contributed by atoms with E-state index in [4.69, 9.17) is 4.74 Å². The van der Waals surface area contributed by atoms with Crippen LogP contribution in [-0.4, -0.2) is 7.11 Å². The number of ether oxygens (including phenoxy) is 1. The second-order valence-electron chi connectivity index (χ2n) is 3.96. The summed E-state index contributed by atoms with van der Waals surface area (Å²) >= 11 is 0. The average molecular weight is 267 g/mol. The standard InChI is InChI=1S/C14H12F3NO/c1-19-11-4-2-3-10(7-11)18-8-9-5-12(15)14(17)13(16)6-9/h2-7,18H,8H2,1H3. The topological polar surface area (TPSA) is 21.3 Å². The fraction of sp³-hybridized carbons (Fsp3) is 0.143. The molecule has 1 N–H and O–H groups in total. The highest BCUT2D eigenvalue weighted by atomic mass is 19.2. The van der Waals surface area contributed by atoms with Crippen LogP contribution in [0.2, 0.25) is 0 Å². The molecular weight excluding hydrogens is 255 g/mol. The normalized spacial score (nSPS) is 10.3. The number of rotatable bonds is 4. The van der Waals surface area contributed by atoms with Crippen LogP contribution in [0.1, 0.15) is 5.56 Å². The molecule has 0 heterocycles. The number of nitrogens with one attached hydrogen (secondary N) is 1. The van der Waals surface area contributed by atoms with Gasteiger partial charge in [-0.1, -0.05) is 6.07 Å². The lowest BCUT2D eigenvalue weighted by Crippen LogP contribution is -2.02. The summed E-state index contributed by atoms with van der Waals surface area (Å²) < 4.78 is 43.9. The molecule has 5 heteroatoms. The maximum absolute atomic E-state index is 13.0. The van der Waals surface area contributed by atoms with Crippen molar-refractivity contribution in [3.8, 4) is 5.75 Å². The van der Waals surface area contributed by atoms with Gasteiger partial charge in [-0.3, -0.25) is 0 Å². The van der Waals surface area contributed by atoms with E-state index < -0.39 is 17.5 Å². The lowest BCUT2D eigenvalue weighted by Gasteiger charge is -2.08. The van der Waals surface area contributed by atoms with Gasteiger partial charge in [-0.2, -0.15) is 0 Å². The van der Waals surface area contributed by atoms with Crippen molar-refractivity contribution in [1.82, 2.24) is 0 Å². The summed E-state index contributed by atoms with van der Waals surface area (Å²) in [5, 5.41) is 2.97. The smallest absolute Gasteiger partial charge is 0.194 e. The van der Waals surface area contributed by atoms with Gasteiger partial charge in [0, 0.05) is 18.3 Å². The lowest BCUT2D eigenvalue weighted by atomic mass is 10.2. The third-order valence-electron chi connectivity index (χ3n) is 2.61. The highest BCUT2D eigenvalue weighted by molar-refractivity contribution is 5.48. The van der Waals surface area contributed by atoms with Crippen LogP contribution in [0.4, 0.5) is 18.9 Å². The molecule has 19 heavy (non-hydrogen) atoms. The van der Waals surface area contributed by atoms with Gasteiger partial charge in [0.25, 0.3) is 0 Å². The summed E-state index contributed by atoms with van der Waals surface area (Å²) in [5.41, 5.74) is 1.06. The van der Waals surface area contributed by atoms with Gasteiger partial charge in [-0.15, -0.1) is 0 Å². The molecule has 0 bridgehead atoms. The summed E-state index contributed by atoms with van der Waals surface area (Å²) in [6.07, 6.45) is 0. The molecule has 0 aromatic heterocycles. The second kappa shape index (κ2) is 5.65. The zero-order chi connectivity index (χ0) is 13.8. The fourth-order valence-electron chi connectivity index (χ4n) is 1.65. The maximum Gasteiger partial charge on any atom is 0.194 e. The molecule has 100 valence electrons. The van der Waals surface area contributed by atoms with Crippen molar-refractivity contribution < 1.29 is 17.9 Å². The van der Waals surface area contributed by atoms with E-state index in [0.29, 0.717) is 11.3 Å². The largest absolute Gasteiger partial charge is 0.497 e. The molecule has 0 amide bonds. The minimum atomic E-state index is -1.45. The van der Waals surface area contributed by atoms with Gasteiger partial charge in [-0.05, 0) is 29.8 Å². The number of benzene rings is 2. The molecule has 2 rings (SSSR count). The highest BCUT2D eigenvalue weighted by Gasteiger charge is 2.10. The fourth-order valence-corrected chi connectivity index (χ4v) is 1.65. The maximum atomic E-state index is 13.0. The van der Waals surface area contributed by atoms with E-state index in [1.165, 1.54) is 0 Å². The van der Waals surface area contributed by atoms with Crippen molar-refractivity contribution in [2.45, 2.75) is 6.54 Å². The van der Waals surface area contributed by atoms with Crippen LogP contribution in [0.25, 0.3) is 0 Å². The number of hydrogen-bond acceptors (Lipinski definition) is 2. The SMILES string of the molecule is COc1cccc(NCc2cc(F)c(F)c(F)c2)c1. The highest BCUT2D eigenvalue weighted by Crippen LogP contribution is 2.19. The van der Waals surface area contributed by atoms with Crippen molar-refractivity contribution in [2.24, 2.45) is 0 Å². The summed E-state index contributed by atoms with van der Waals surface area (Å²) in [6.45, 7) is 0.182. The molecule has 2 aromatic rings. The number of methoxy groups -OCH3 is 1. The monoisotopic (exact) mass is 267 g/mol. The molecule has 0 aliphatic carbocycles. The van der Waals surface area contributed by atoms with Crippen molar-refractivity contribution in [3.05, 3.63) is 59.4 Å². The molecule has 2 nitrogen and oxygen atoms in total. The summed E-state index contributed by atoms with van der Waals surface area (Å²) in [6, 6.07) is 9.03. The third kappa shape index (κ3) is 3.19. The Hall–Kier alpha value is -2.17. The van der Waals surface area contributed by atoms with Crippen molar-refractivity contribution >= 4 is 5.69 Å². The van der Waals surface area contributed by atoms with Crippen molar-refractivity contribution in [3.63, 3.8) is 0 Å². The van der Waals surface area contributed by atoms with Crippen LogP contribution in [0, 0.1) is 17.5 Å². The van der Waals surface area contributed by atoms with Gasteiger partial charge in [0.05, 0.1) is 7.11 Å². The van der Waals surface area contributed by atoms with Crippen LogP contribution >= 0.6 is 0 Å². The Morgan fingerprint density at radius 1 is 1.05 bits per heavy atom. The van der Waals surface area contributed by atoms with Gasteiger partial charge < -0.3 is 10.1 Å². The molecule has 0 unspecified atom stereocenters. The molecule has 0 saturated heterocycles. The lowest BCUT2D eigenvalue weighted by molar-refractivity contribution is 0.415. The van der Waals surface area contributed by atoms with Crippen molar-refractivity contribution in [1.29, 1.82) is 0 Å². The Labute approximate surface area is 108 Å². The van der Waals surface area contributed by atoms with E-state index in [2.05, 4.69) is 5.32 Å². The zero-order valence-corrected chi connectivity index (χ0v) is 10.2. The van der Waals surface area contributed by atoms with E-state index in [1.54, 1.807) is 31.4 Å². The van der Waals surface area contributed by atoms with E-state index >= 15 is 0 Å². The van der Waals surface area contributed by atoms with Crippen LogP contribution in [0.15, 0.2) is 36.4 Å². The average Bonchev–Trinajstić information content (AvgIpc) is 2.42. The van der Waals surface area contributed by atoms with E-state index in [9.17, 15) is 13.2 Å². The Kier molecular flexibility index (Phi) is 3.94. The Morgan fingerprint density at radius 2 is 1.74 bits per heavy atom. The van der Waals surface area contributed by atoms with Crippen molar-refractivity contribution in [2.75, 3.05) is 12.4 Å². The summed E-state index contributed by atoms with van der Waals surface area (Å²) in [5.74, 6) is -3.17. The van der Waals surface area contributed by atoms with E-state index in [1.807, 2.05) is 0 Å². The van der Waals surface area contributed by atoms with Crippen LogP contribution in [-0.2, 0) is 6.54 Å². The summed E-state index contributed by atoms with van der Waals surface area (Å²) in [7, 11) is 1.55. The molecule has 0 atom stereocenters. The van der Waals surface area contributed by atoms with Crippen LogP contribution in [0.5, 0.6) is 5.75 Å². The second-order valence-corrected chi connectivity index (χ2v) is 3.96. The third-order valence-corrected chi connectivity index (χ3v) is 2.61. The molecule has 2 aromatic carbocycles. The van der Waals surface area contributed by atoms with Gasteiger partial charge in [0.15, 0.2) is 17.5 Å². The molecule has 0 fully saturated rings. The van der Waals surface area contributed by atoms with Crippen LogP contribution < -0.4 is 10.1 Å². The van der Waals surface area contributed by atoms with Gasteiger partial charge >= 0.3 is 0 Å². The quantitative estimate of drug-likeness (QED) is 0.852. The zero-order valence-electron chi connectivity index (χ0n) is 10.2. The van der Waals surface area contributed by atoms with Gasteiger partial charge in [0.1, 0.15) is 5.75 Å². The van der Waals surface area contributed by atoms with E-state index in [0.717, 1.165) is 17.8 Å². The van der Waals surface area contributed by atoms with Crippen LogP contribution in [0.3, 0.4) is 0 Å². The first kappa shape index (κ1) is 13.3. The first-order valence-corrected chi connectivity index (χ1v) is 5.61. The molecular formula is C14H12F3NO. The first-order valence-electron chi connectivity index (χ1n) is 5.61. The molecule has 0 saturated carbocycles. The Morgan fingerprint density at radius 3 is 2.37 bits per heavy atom. The van der Waals surface area contributed by atoms with Gasteiger partial charge in [0.2, 0.25) is 0 Å². The minimum Gasteiger partial charge on any atom is -0.497 e. The molecule has 0 radical (unpaired) electrons. The number of anilines is 1. The predicted molar refractivity (Wildman–Crippen MR) is 66.6 cm³/mol. The predicted octanol–water partition coefficient (Wildman–Crippen LogP) is 3.72.